The Morgan fingerprint density at radius 3 is 2.65 bits per heavy atom. The van der Waals surface area contributed by atoms with Gasteiger partial charge in [0.2, 0.25) is 15.9 Å². The Labute approximate surface area is 156 Å². The maximum atomic E-state index is 12.6. The SMILES string of the molecule is CCC(C)S(=O)(=O)N1CCC2(CCC(=O)N(CCc3cnc[nH]3)C2)CC1. The van der Waals surface area contributed by atoms with Crippen LogP contribution in [0.4, 0.5) is 0 Å². The van der Waals surface area contributed by atoms with Crippen LogP contribution in [0.25, 0.3) is 0 Å². The third-order valence-electron chi connectivity index (χ3n) is 6.18. The molecule has 0 aliphatic carbocycles. The predicted octanol–water partition coefficient (Wildman–Crippen LogP) is 1.79. The lowest BCUT2D eigenvalue weighted by Crippen LogP contribution is -2.53. The van der Waals surface area contributed by atoms with E-state index in [2.05, 4.69) is 9.97 Å². The highest BCUT2D eigenvalue weighted by atomic mass is 32.2. The summed E-state index contributed by atoms with van der Waals surface area (Å²) in [6, 6.07) is 0. The van der Waals surface area contributed by atoms with E-state index in [-0.39, 0.29) is 16.6 Å². The molecule has 1 aromatic heterocycles. The number of nitrogens with one attached hydrogen (secondary N) is 1. The Morgan fingerprint density at radius 1 is 1.31 bits per heavy atom. The summed E-state index contributed by atoms with van der Waals surface area (Å²) in [7, 11) is -3.19. The molecule has 8 heteroatoms. The molecule has 146 valence electrons. The zero-order valence-electron chi connectivity index (χ0n) is 15.8. The van der Waals surface area contributed by atoms with Crippen LogP contribution in [0.5, 0.6) is 0 Å². The summed E-state index contributed by atoms with van der Waals surface area (Å²) in [4.78, 5) is 21.4. The first-order chi connectivity index (χ1) is 12.4. The molecule has 1 unspecified atom stereocenters. The van der Waals surface area contributed by atoms with Crippen molar-refractivity contribution in [1.29, 1.82) is 0 Å². The summed E-state index contributed by atoms with van der Waals surface area (Å²) < 4.78 is 26.8. The molecule has 26 heavy (non-hydrogen) atoms. The van der Waals surface area contributed by atoms with Gasteiger partial charge in [0.05, 0.1) is 11.6 Å². The number of amides is 1. The van der Waals surface area contributed by atoms with E-state index in [0.717, 1.165) is 37.9 Å². The number of sulfonamides is 1. The number of carbonyl (C=O) groups excluding carboxylic acids is 1. The molecule has 0 bridgehead atoms. The molecule has 2 aliphatic heterocycles. The predicted molar refractivity (Wildman–Crippen MR) is 100 cm³/mol. The minimum atomic E-state index is -3.19. The molecule has 0 saturated carbocycles. The van der Waals surface area contributed by atoms with E-state index in [9.17, 15) is 13.2 Å². The summed E-state index contributed by atoms with van der Waals surface area (Å²) in [6.07, 6.45) is 8.00. The molecule has 0 aromatic carbocycles. The monoisotopic (exact) mass is 382 g/mol. The van der Waals surface area contributed by atoms with Crippen LogP contribution in [-0.4, -0.2) is 64.9 Å². The minimum absolute atomic E-state index is 0.0728. The molecular formula is C18H30N4O3S. The molecule has 1 amide bonds. The number of carbonyl (C=O) groups is 1. The van der Waals surface area contributed by atoms with E-state index in [0.29, 0.717) is 32.5 Å². The summed E-state index contributed by atoms with van der Waals surface area (Å²) in [5.74, 6) is 0.213. The van der Waals surface area contributed by atoms with Gasteiger partial charge < -0.3 is 9.88 Å². The van der Waals surface area contributed by atoms with Crippen molar-refractivity contribution in [2.75, 3.05) is 26.2 Å². The van der Waals surface area contributed by atoms with Gasteiger partial charge in [0.25, 0.3) is 0 Å². The van der Waals surface area contributed by atoms with Gasteiger partial charge in [-0.25, -0.2) is 17.7 Å². The molecule has 2 saturated heterocycles. The third kappa shape index (κ3) is 3.96. The Hall–Kier alpha value is -1.41. The number of aromatic amines is 1. The molecule has 1 spiro atoms. The van der Waals surface area contributed by atoms with Crippen molar-refractivity contribution in [2.24, 2.45) is 5.41 Å². The van der Waals surface area contributed by atoms with Crippen molar-refractivity contribution in [3.63, 3.8) is 0 Å². The van der Waals surface area contributed by atoms with Crippen LogP contribution in [0.2, 0.25) is 0 Å². The second-order valence-electron chi connectivity index (χ2n) is 7.80. The van der Waals surface area contributed by atoms with Gasteiger partial charge in [-0.1, -0.05) is 6.92 Å². The number of nitrogens with zero attached hydrogens (tertiary/aromatic N) is 3. The molecule has 0 radical (unpaired) electrons. The topological polar surface area (TPSA) is 86.4 Å². The minimum Gasteiger partial charge on any atom is -0.348 e. The molecule has 2 aliphatic rings. The lowest BCUT2D eigenvalue weighted by Gasteiger charge is -2.47. The molecular weight excluding hydrogens is 352 g/mol. The number of likely N-dealkylation sites (tertiary alicyclic amines) is 1. The molecule has 2 fully saturated rings. The van der Waals surface area contributed by atoms with E-state index in [4.69, 9.17) is 0 Å². The van der Waals surface area contributed by atoms with Gasteiger partial charge in [-0.15, -0.1) is 0 Å². The first kappa shape index (κ1) is 19.4. The van der Waals surface area contributed by atoms with Gasteiger partial charge in [-0.3, -0.25) is 4.79 Å². The normalized spacial score (nSPS) is 22.7. The summed E-state index contributed by atoms with van der Waals surface area (Å²) in [5, 5.41) is -0.324. The van der Waals surface area contributed by atoms with E-state index in [1.165, 1.54) is 0 Å². The fourth-order valence-corrected chi connectivity index (χ4v) is 5.69. The van der Waals surface area contributed by atoms with Gasteiger partial charge in [-0.2, -0.15) is 0 Å². The smallest absolute Gasteiger partial charge is 0.222 e. The highest BCUT2D eigenvalue weighted by Crippen LogP contribution is 2.41. The van der Waals surface area contributed by atoms with Crippen LogP contribution in [0.1, 0.15) is 51.6 Å². The zero-order valence-corrected chi connectivity index (χ0v) is 16.6. The number of hydrogen-bond donors (Lipinski definition) is 1. The van der Waals surface area contributed by atoms with Crippen LogP contribution in [0.15, 0.2) is 12.5 Å². The van der Waals surface area contributed by atoms with Crippen molar-refractivity contribution in [3.05, 3.63) is 18.2 Å². The Kier molecular flexibility index (Phi) is 5.72. The highest BCUT2D eigenvalue weighted by Gasteiger charge is 2.43. The molecule has 1 atom stereocenters. The van der Waals surface area contributed by atoms with Gasteiger partial charge >= 0.3 is 0 Å². The summed E-state index contributed by atoms with van der Waals surface area (Å²) in [5.41, 5.74) is 1.11. The molecule has 1 aromatic rings. The highest BCUT2D eigenvalue weighted by molar-refractivity contribution is 7.89. The number of imidazole rings is 1. The lowest BCUT2D eigenvalue weighted by molar-refractivity contribution is -0.138. The van der Waals surface area contributed by atoms with Crippen LogP contribution in [0, 0.1) is 5.41 Å². The van der Waals surface area contributed by atoms with Crippen LogP contribution >= 0.6 is 0 Å². The van der Waals surface area contributed by atoms with E-state index >= 15 is 0 Å². The number of piperidine rings is 2. The van der Waals surface area contributed by atoms with E-state index in [1.54, 1.807) is 23.8 Å². The second-order valence-corrected chi connectivity index (χ2v) is 10.2. The number of aromatic nitrogens is 2. The Morgan fingerprint density at radius 2 is 2.04 bits per heavy atom. The van der Waals surface area contributed by atoms with Gasteiger partial charge in [-0.05, 0) is 38.0 Å². The first-order valence-corrected chi connectivity index (χ1v) is 11.1. The van der Waals surface area contributed by atoms with Crippen LogP contribution in [0.3, 0.4) is 0 Å². The first-order valence-electron chi connectivity index (χ1n) is 9.60. The molecule has 3 heterocycles. The quantitative estimate of drug-likeness (QED) is 0.813. The van der Waals surface area contributed by atoms with Gasteiger partial charge in [0.15, 0.2) is 0 Å². The summed E-state index contributed by atoms with van der Waals surface area (Å²) in [6.45, 7) is 6.30. The van der Waals surface area contributed by atoms with Crippen LogP contribution in [-0.2, 0) is 21.2 Å². The van der Waals surface area contributed by atoms with Gasteiger partial charge in [0, 0.05) is 50.9 Å². The van der Waals surface area contributed by atoms with Crippen molar-refractivity contribution >= 4 is 15.9 Å². The Balaban J connectivity index is 1.60. The maximum Gasteiger partial charge on any atom is 0.222 e. The largest absolute Gasteiger partial charge is 0.348 e. The van der Waals surface area contributed by atoms with Crippen LogP contribution < -0.4 is 0 Å². The average molecular weight is 383 g/mol. The van der Waals surface area contributed by atoms with Crippen molar-refractivity contribution in [2.45, 2.75) is 57.6 Å². The molecule has 1 N–H and O–H groups in total. The van der Waals surface area contributed by atoms with Crippen molar-refractivity contribution in [1.82, 2.24) is 19.2 Å². The number of H-pyrrole nitrogens is 1. The van der Waals surface area contributed by atoms with Gasteiger partial charge in [0.1, 0.15) is 0 Å². The fourth-order valence-electron chi connectivity index (χ4n) is 4.07. The number of hydrogen-bond acceptors (Lipinski definition) is 4. The second kappa shape index (κ2) is 7.68. The fraction of sp³-hybridized carbons (Fsp3) is 0.778. The van der Waals surface area contributed by atoms with E-state index in [1.807, 2.05) is 11.8 Å². The maximum absolute atomic E-state index is 12.6. The Bertz CT molecular complexity index is 709. The van der Waals surface area contributed by atoms with Crippen molar-refractivity contribution in [3.8, 4) is 0 Å². The third-order valence-corrected chi connectivity index (χ3v) is 8.62. The van der Waals surface area contributed by atoms with E-state index < -0.39 is 10.0 Å². The lowest BCUT2D eigenvalue weighted by atomic mass is 9.72. The van der Waals surface area contributed by atoms with Crippen molar-refractivity contribution < 1.29 is 13.2 Å². The average Bonchev–Trinajstić information content (AvgIpc) is 3.16. The molecule has 3 rings (SSSR count). The number of rotatable bonds is 6. The molecule has 7 nitrogen and oxygen atoms in total. The zero-order chi connectivity index (χ0) is 18.8. The standard InChI is InChI=1S/C18H30N4O3S/c1-3-15(2)26(24,25)22-10-7-18(8-11-22)6-4-17(23)21(13-18)9-5-16-12-19-14-20-16/h12,14-15H,3-11,13H2,1-2H3,(H,19,20). The summed E-state index contributed by atoms with van der Waals surface area (Å²) >= 11 is 0.